The van der Waals surface area contributed by atoms with E-state index < -0.39 is 0 Å². The third-order valence-electron chi connectivity index (χ3n) is 3.80. The average Bonchev–Trinajstić information content (AvgIpc) is 2.62. The molecule has 0 unspecified atom stereocenters. The Morgan fingerprint density at radius 2 is 1.87 bits per heavy atom. The molecule has 3 rings (SSSR count). The van der Waals surface area contributed by atoms with Crippen LogP contribution in [0.25, 0.3) is 10.9 Å². The molecule has 5 nitrogen and oxygen atoms in total. The standard InChI is InChI=1S/C18H18N4O/c1-2-22(12-9-14-7-10-19-11-8-14)18(23)17-13-15-5-3-4-6-16(15)20-21-17/h3-8,10-11,13H,2,9,12H2,1H3. The molecule has 0 atom stereocenters. The van der Waals surface area contributed by atoms with Crippen molar-refractivity contribution in [2.45, 2.75) is 13.3 Å². The Hall–Kier alpha value is -2.82. The lowest BCUT2D eigenvalue weighted by atomic mass is 10.1. The number of hydrogen-bond donors (Lipinski definition) is 0. The molecule has 3 aromatic rings. The van der Waals surface area contributed by atoms with E-state index in [2.05, 4.69) is 15.2 Å². The summed E-state index contributed by atoms with van der Waals surface area (Å²) in [5.74, 6) is -0.0835. The molecule has 0 aliphatic carbocycles. The zero-order valence-corrected chi connectivity index (χ0v) is 13.0. The van der Waals surface area contributed by atoms with Crippen LogP contribution in [0.4, 0.5) is 0 Å². The minimum absolute atomic E-state index is 0.0835. The fourth-order valence-corrected chi connectivity index (χ4v) is 2.47. The number of carbonyl (C=O) groups excluding carboxylic acids is 1. The molecule has 116 valence electrons. The smallest absolute Gasteiger partial charge is 0.274 e. The average molecular weight is 306 g/mol. The van der Waals surface area contributed by atoms with Gasteiger partial charge in [0.25, 0.3) is 5.91 Å². The van der Waals surface area contributed by atoms with Gasteiger partial charge < -0.3 is 4.90 Å². The fraction of sp³-hybridized carbons (Fsp3) is 0.222. The summed E-state index contributed by atoms with van der Waals surface area (Å²) in [6, 6.07) is 13.4. The van der Waals surface area contributed by atoms with Gasteiger partial charge in [-0.25, -0.2) is 0 Å². The molecule has 0 fully saturated rings. The summed E-state index contributed by atoms with van der Waals surface area (Å²) in [7, 11) is 0. The van der Waals surface area contributed by atoms with Crippen LogP contribution in [0.5, 0.6) is 0 Å². The zero-order valence-electron chi connectivity index (χ0n) is 13.0. The molecule has 0 radical (unpaired) electrons. The Morgan fingerprint density at radius 1 is 1.09 bits per heavy atom. The van der Waals surface area contributed by atoms with Gasteiger partial charge in [0, 0.05) is 30.9 Å². The number of hydrogen-bond acceptors (Lipinski definition) is 4. The molecule has 0 spiro atoms. The number of fused-ring (bicyclic) bond motifs is 1. The van der Waals surface area contributed by atoms with Crippen molar-refractivity contribution < 1.29 is 4.79 Å². The first kappa shape index (κ1) is 15.1. The van der Waals surface area contributed by atoms with E-state index >= 15 is 0 Å². The maximum absolute atomic E-state index is 12.7. The first-order chi connectivity index (χ1) is 11.3. The summed E-state index contributed by atoms with van der Waals surface area (Å²) in [6.07, 6.45) is 4.33. The number of carbonyl (C=O) groups is 1. The number of pyridine rings is 1. The van der Waals surface area contributed by atoms with Crippen LogP contribution < -0.4 is 0 Å². The van der Waals surface area contributed by atoms with Gasteiger partial charge in [-0.15, -0.1) is 10.2 Å². The molecular weight excluding hydrogens is 288 g/mol. The quantitative estimate of drug-likeness (QED) is 0.727. The maximum Gasteiger partial charge on any atom is 0.274 e. The Bertz CT molecular complexity index is 804. The predicted molar refractivity (Wildman–Crippen MR) is 89.1 cm³/mol. The third kappa shape index (κ3) is 3.51. The Kier molecular flexibility index (Phi) is 4.57. The number of benzene rings is 1. The SMILES string of the molecule is CCN(CCc1ccncc1)C(=O)c1cc2ccccc2nn1. The number of rotatable bonds is 5. The van der Waals surface area contributed by atoms with E-state index in [1.165, 1.54) is 0 Å². The lowest BCUT2D eigenvalue weighted by Crippen LogP contribution is -2.33. The summed E-state index contributed by atoms with van der Waals surface area (Å²) < 4.78 is 0. The van der Waals surface area contributed by atoms with Gasteiger partial charge in [0.15, 0.2) is 5.69 Å². The summed E-state index contributed by atoms with van der Waals surface area (Å²) in [6.45, 7) is 3.26. The van der Waals surface area contributed by atoms with Crippen LogP contribution in [0.2, 0.25) is 0 Å². The molecule has 1 aromatic carbocycles. The highest BCUT2D eigenvalue weighted by Crippen LogP contribution is 2.12. The van der Waals surface area contributed by atoms with E-state index in [1.807, 2.05) is 43.3 Å². The van der Waals surface area contributed by atoms with Crippen molar-refractivity contribution in [1.82, 2.24) is 20.1 Å². The molecule has 0 aliphatic rings. The molecule has 0 bridgehead atoms. The van der Waals surface area contributed by atoms with Gasteiger partial charge in [0.05, 0.1) is 5.52 Å². The van der Waals surface area contributed by atoms with Crippen molar-refractivity contribution in [3.63, 3.8) is 0 Å². The van der Waals surface area contributed by atoms with Crippen LogP contribution in [-0.4, -0.2) is 39.1 Å². The molecule has 2 aromatic heterocycles. The summed E-state index contributed by atoms with van der Waals surface area (Å²) in [5, 5.41) is 9.14. The molecule has 1 amide bonds. The van der Waals surface area contributed by atoms with E-state index in [0.29, 0.717) is 18.8 Å². The normalized spacial score (nSPS) is 10.7. The largest absolute Gasteiger partial charge is 0.337 e. The van der Waals surface area contributed by atoms with E-state index in [9.17, 15) is 4.79 Å². The van der Waals surface area contributed by atoms with Crippen molar-refractivity contribution in [1.29, 1.82) is 0 Å². The number of nitrogens with zero attached hydrogens (tertiary/aromatic N) is 4. The Labute approximate surface area is 135 Å². The Balaban J connectivity index is 1.75. The van der Waals surface area contributed by atoms with E-state index in [-0.39, 0.29) is 5.91 Å². The third-order valence-corrected chi connectivity index (χ3v) is 3.80. The van der Waals surface area contributed by atoms with Crippen molar-refractivity contribution in [3.05, 3.63) is 66.1 Å². The van der Waals surface area contributed by atoms with Gasteiger partial charge in [0.2, 0.25) is 0 Å². The highest BCUT2D eigenvalue weighted by atomic mass is 16.2. The molecule has 2 heterocycles. The van der Waals surface area contributed by atoms with Crippen molar-refractivity contribution in [3.8, 4) is 0 Å². The van der Waals surface area contributed by atoms with Crippen LogP contribution in [0.15, 0.2) is 54.9 Å². The second-order valence-corrected chi connectivity index (χ2v) is 5.28. The van der Waals surface area contributed by atoms with Gasteiger partial charge in [-0.3, -0.25) is 9.78 Å². The second-order valence-electron chi connectivity index (χ2n) is 5.28. The van der Waals surface area contributed by atoms with Gasteiger partial charge in [-0.2, -0.15) is 0 Å². The summed E-state index contributed by atoms with van der Waals surface area (Å²) in [5.41, 5.74) is 2.35. The highest BCUT2D eigenvalue weighted by Gasteiger charge is 2.16. The molecule has 5 heteroatoms. The van der Waals surface area contributed by atoms with Gasteiger partial charge in [-0.05, 0) is 43.2 Å². The fourth-order valence-electron chi connectivity index (χ4n) is 2.47. The highest BCUT2D eigenvalue weighted by molar-refractivity contribution is 5.95. The van der Waals surface area contributed by atoms with E-state index in [0.717, 1.165) is 22.9 Å². The molecule has 0 N–H and O–H groups in total. The zero-order chi connectivity index (χ0) is 16.1. The van der Waals surface area contributed by atoms with Crippen molar-refractivity contribution >= 4 is 16.8 Å². The first-order valence-corrected chi connectivity index (χ1v) is 7.68. The monoisotopic (exact) mass is 306 g/mol. The molecule has 0 saturated carbocycles. The molecule has 23 heavy (non-hydrogen) atoms. The number of amides is 1. The number of aromatic nitrogens is 3. The minimum Gasteiger partial charge on any atom is -0.337 e. The van der Waals surface area contributed by atoms with E-state index in [4.69, 9.17) is 0 Å². The minimum atomic E-state index is -0.0835. The van der Waals surface area contributed by atoms with Crippen LogP contribution >= 0.6 is 0 Å². The predicted octanol–water partition coefficient (Wildman–Crippen LogP) is 2.73. The number of likely N-dealkylation sites (N-methyl/N-ethyl adjacent to an activating group) is 1. The van der Waals surface area contributed by atoms with Crippen molar-refractivity contribution in [2.75, 3.05) is 13.1 Å². The Morgan fingerprint density at radius 3 is 2.65 bits per heavy atom. The van der Waals surface area contributed by atoms with Crippen LogP contribution in [0.3, 0.4) is 0 Å². The lowest BCUT2D eigenvalue weighted by molar-refractivity contribution is 0.0759. The molecule has 0 aliphatic heterocycles. The lowest BCUT2D eigenvalue weighted by Gasteiger charge is -2.20. The van der Waals surface area contributed by atoms with Crippen LogP contribution in [-0.2, 0) is 6.42 Å². The topological polar surface area (TPSA) is 59.0 Å². The van der Waals surface area contributed by atoms with Gasteiger partial charge >= 0.3 is 0 Å². The first-order valence-electron chi connectivity index (χ1n) is 7.68. The second kappa shape index (κ2) is 6.96. The summed E-state index contributed by atoms with van der Waals surface area (Å²) >= 11 is 0. The van der Waals surface area contributed by atoms with Crippen LogP contribution in [0.1, 0.15) is 23.0 Å². The molecular formula is C18H18N4O. The van der Waals surface area contributed by atoms with Crippen molar-refractivity contribution in [2.24, 2.45) is 0 Å². The summed E-state index contributed by atoms with van der Waals surface area (Å²) in [4.78, 5) is 18.4. The maximum atomic E-state index is 12.7. The van der Waals surface area contributed by atoms with Crippen LogP contribution in [0, 0.1) is 0 Å². The van der Waals surface area contributed by atoms with Gasteiger partial charge in [-0.1, -0.05) is 18.2 Å². The van der Waals surface area contributed by atoms with Gasteiger partial charge in [0.1, 0.15) is 0 Å². The van der Waals surface area contributed by atoms with E-state index in [1.54, 1.807) is 23.4 Å². The molecule has 0 saturated heterocycles.